The Morgan fingerprint density at radius 1 is 0.897 bits per heavy atom. The fraction of sp³-hybridized carbons (Fsp3) is 0.0833. The maximum absolute atomic E-state index is 14.1. The minimum absolute atomic E-state index is 0.557. The molecule has 5 rings (SSSR count). The molecular formula is C24H17F2N3. The number of fused-ring (bicyclic) bond motifs is 1. The third-order valence-electron chi connectivity index (χ3n) is 5.53. The lowest BCUT2D eigenvalue weighted by Crippen LogP contribution is -2.30. The number of nitrogens with zero attached hydrogens (tertiary/aromatic N) is 2. The highest BCUT2D eigenvalue weighted by atomic mass is 19.2. The summed E-state index contributed by atoms with van der Waals surface area (Å²) in [5.41, 5.74) is 4.77. The van der Waals surface area contributed by atoms with Crippen molar-refractivity contribution in [1.82, 2.24) is 15.2 Å². The molecule has 3 nitrogen and oxygen atoms in total. The van der Waals surface area contributed by atoms with Crippen molar-refractivity contribution in [2.45, 2.75) is 11.8 Å². The summed E-state index contributed by atoms with van der Waals surface area (Å²) in [4.78, 5) is 4.18. The van der Waals surface area contributed by atoms with Crippen molar-refractivity contribution in [2.24, 2.45) is 0 Å². The largest absolute Gasteiger partial charge is 0.281 e. The van der Waals surface area contributed by atoms with E-state index in [1.165, 1.54) is 12.1 Å². The van der Waals surface area contributed by atoms with Crippen LogP contribution in [0.15, 0.2) is 79.1 Å². The molecule has 1 unspecified atom stereocenters. The zero-order valence-electron chi connectivity index (χ0n) is 15.4. The van der Waals surface area contributed by atoms with Gasteiger partial charge < -0.3 is 0 Å². The fourth-order valence-corrected chi connectivity index (χ4v) is 4.06. The molecule has 2 heterocycles. The third kappa shape index (κ3) is 2.86. The smallest absolute Gasteiger partial charge is 0.159 e. The van der Waals surface area contributed by atoms with Crippen LogP contribution < -0.4 is 0 Å². The van der Waals surface area contributed by atoms with Gasteiger partial charge in [-0.25, -0.2) is 8.78 Å². The predicted octanol–water partition coefficient (Wildman–Crippen LogP) is 5.31. The SMILES string of the molecule is Fc1ccc(C2(c3ccccc3)C=Cc3c(-c4cccnc4)n[nH]c3C2)cc1F. The summed E-state index contributed by atoms with van der Waals surface area (Å²) < 4.78 is 27.7. The van der Waals surface area contributed by atoms with Crippen LogP contribution in [0, 0.1) is 11.6 Å². The average molecular weight is 385 g/mol. The number of halogens is 2. The second kappa shape index (κ2) is 6.78. The number of nitrogens with one attached hydrogen (secondary N) is 1. The van der Waals surface area contributed by atoms with Gasteiger partial charge in [-0.15, -0.1) is 0 Å². The number of benzene rings is 2. The maximum atomic E-state index is 14.1. The van der Waals surface area contributed by atoms with Crippen LogP contribution >= 0.6 is 0 Å². The second-order valence-electron chi connectivity index (χ2n) is 7.18. The number of allylic oxidation sites excluding steroid dienone is 1. The van der Waals surface area contributed by atoms with Crippen LogP contribution in [0.2, 0.25) is 0 Å². The van der Waals surface area contributed by atoms with Gasteiger partial charge in [0.15, 0.2) is 11.6 Å². The molecule has 2 aromatic carbocycles. The molecule has 2 aromatic heterocycles. The van der Waals surface area contributed by atoms with Crippen LogP contribution in [0.5, 0.6) is 0 Å². The highest BCUT2D eigenvalue weighted by Gasteiger charge is 2.37. The average Bonchev–Trinajstić information content (AvgIpc) is 3.20. The Bertz CT molecular complexity index is 1200. The molecule has 0 aliphatic heterocycles. The van der Waals surface area contributed by atoms with Crippen LogP contribution in [0.4, 0.5) is 8.78 Å². The predicted molar refractivity (Wildman–Crippen MR) is 108 cm³/mol. The first-order chi connectivity index (χ1) is 14.2. The Hall–Kier alpha value is -3.60. The van der Waals surface area contributed by atoms with E-state index in [1.54, 1.807) is 18.5 Å². The molecule has 4 aromatic rings. The van der Waals surface area contributed by atoms with E-state index in [9.17, 15) is 8.78 Å². The van der Waals surface area contributed by atoms with Gasteiger partial charge in [0.2, 0.25) is 0 Å². The minimum Gasteiger partial charge on any atom is -0.281 e. The lowest BCUT2D eigenvalue weighted by Gasteiger charge is -2.34. The number of pyridine rings is 1. The summed E-state index contributed by atoms with van der Waals surface area (Å²) in [7, 11) is 0. The van der Waals surface area contributed by atoms with Crippen molar-refractivity contribution in [1.29, 1.82) is 0 Å². The van der Waals surface area contributed by atoms with E-state index in [0.717, 1.165) is 28.1 Å². The Balaban J connectivity index is 1.67. The van der Waals surface area contributed by atoms with E-state index >= 15 is 0 Å². The first-order valence-electron chi connectivity index (χ1n) is 9.35. The zero-order valence-corrected chi connectivity index (χ0v) is 15.4. The van der Waals surface area contributed by atoms with Gasteiger partial charge in [-0.1, -0.05) is 48.6 Å². The number of rotatable bonds is 3. The van der Waals surface area contributed by atoms with Crippen molar-refractivity contribution in [3.63, 3.8) is 0 Å². The van der Waals surface area contributed by atoms with Gasteiger partial charge in [0.05, 0.1) is 0 Å². The number of H-pyrrole nitrogens is 1. The van der Waals surface area contributed by atoms with E-state index in [0.29, 0.717) is 12.0 Å². The van der Waals surface area contributed by atoms with Gasteiger partial charge in [0, 0.05) is 41.1 Å². The summed E-state index contributed by atoms with van der Waals surface area (Å²) in [6.07, 6.45) is 8.13. The van der Waals surface area contributed by atoms with E-state index in [4.69, 9.17) is 0 Å². The van der Waals surface area contributed by atoms with E-state index < -0.39 is 17.0 Å². The van der Waals surface area contributed by atoms with Crippen molar-refractivity contribution < 1.29 is 8.78 Å². The number of hydrogen-bond donors (Lipinski definition) is 1. The van der Waals surface area contributed by atoms with Gasteiger partial charge >= 0.3 is 0 Å². The molecule has 0 saturated heterocycles. The van der Waals surface area contributed by atoms with Gasteiger partial charge in [0.1, 0.15) is 5.69 Å². The highest BCUT2D eigenvalue weighted by Crippen LogP contribution is 2.43. The van der Waals surface area contributed by atoms with Gasteiger partial charge in [0.25, 0.3) is 0 Å². The number of hydrogen-bond acceptors (Lipinski definition) is 2. The first-order valence-corrected chi connectivity index (χ1v) is 9.35. The Morgan fingerprint density at radius 2 is 1.76 bits per heavy atom. The molecule has 0 bridgehead atoms. The van der Waals surface area contributed by atoms with Crippen molar-refractivity contribution >= 4 is 6.08 Å². The van der Waals surface area contributed by atoms with Crippen molar-refractivity contribution in [3.8, 4) is 11.3 Å². The molecule has 0 spiro atoms. The summed E-state index contributed by atoms with van der Waals surface area (Å²) in [5.74, 6) is -1.70. The Morgan fingerprint density at radius 3 is 2.52 bits per heavy atom. The molecule has 1 aliphatic carbocycles. The van der Waals surface area contributed by atoms with Gasteiger partial charge in [-0.05, 0) is 35.4 Å². The Kier molecular flexibility index (Phi) is 4.09. The molecule has 142 valence electrons. The second-order valence-corrected chi connectivity index (χ2v) is 7.18. The number of aromatic nitrogens is 3. The van der Waals surface area contributed by atoms with Gasteiger partial charge in [-0.2, -0.15) is 5.10 Å². The molecule has 29 heavy (non-hydrogen) atoms. The molecular weight excluding hydrogens is 368 g/mol. The van der Waals surface area contributed by atoms with Crippen LogP contribution in [0.25, 0.3) is 17.3 Å². The topological polar surface area (TPSA) is 41.6 Å². The summed E-state index contributed by atoms with van der Waals surface area (Å²) in [5, 5.41) is 7.65. The van der Waals surface area contributed by atoms with Crippen LogP contribution in [-0.2, 0) is 11.8 Å². The molecule has 1 atom stereocenters. The summed E-state index contributed by atoms with van der Waals surface area (Å²) >= 11 is 0. The normalized spacial score (nSPS) is 17.9. The van der Waals surface area contributed by atoms with E-state index in [2.05, 4.69) is 21.3 Å². The van der Waals surface area contributed by atoms with Crippen molar-refractivity contribution in [2.75, 3.05) is 0 Å². The van der Waals surface area contributed by atoms with Gasteiger partial charge in [-0.3, -0.25) is 10.1 Å². The lowest BCUT2D eigenvalue weighted by atomic mass is 9.68. The zero-order chi connectivity index (χ0) is 19.8. The highest BCUT2D eigenvalue weighted by molar-refractivity contribution is 5.76. The summed E-state index contributed by atoms with van der Waals surface area (Å²) in [6, 6.07) is 17.8. The van der Waals surface area contributed by atoms with E-state index in [1.807, 2.05) is 48.5 Å². The molecule has 0 radical (unpaired) electrons. The molecule has 0 saturated carbocycles. The number of aromatic amines is 1. The minimum atomic E-state index is -0.849. The monoisotopic (exact) mass is 385 g/mol. The molecule has 5 heteroatoms. The molecule has 0 fully saturated rings. The lowest BCUT2D eigenvalue weighted by molar-refractivity contribution is 0.502. The first kappa shape index (κ1) is 17.5. The van der Waals surface area contributed by atoms with Crippen molar-refractivity contribution in [3.05, 3.63) is 113 Å². The standard InChI is InChI=1S/C24H17F2N3/c25-20-9-8-18(13-21(20)26)24(17-6-2-1-3-7-17)11-10-19-22(14-24)28-29-23(19)16-5-4-12-27-15-16/h1-13,15H,14H2,(H,28,29). The van der Waals surface area contributed by atoms with Crippen LogP contribution in [0.3, 0.4) is 0 Å². The molecule has 0 amide bonds. The third-order valence-corrected chi connectivity index (χ3v) is 5.53. The summed E-state index contributed by atoms with van der Waals surface area (Å²) in [6.45, 7) is 0. The van der Waals surface area contributed by atoms with Crippen LogP contribution in [0.1, 0.15) is 22.4 Å². The quantitative estimate of drug-likeness (QED) is 0.520. The van der Waals surface area contributed by atoms with E-state index in [-0.39, 0.29) is 0 Å². The molecule has 1 N–H and O–H groups in total. The maximum Gasteiger partial charge on any atom is 0.159 e. The Labute approximate surface area is 166 Å². The molecule has 1 aliphatic rings. The fourth-order valence-electron chi connectivity index (χ4n) is 4.06. The van der Waals surface area contributed by atoms with Crippen LogP contribution in [-0.4, -0.2) is 15.2 Å².